The van der Waals surface area contributed by atoms with Crippen molar-refractivity contribution in [2.45, 2.75) is 38.3 Å². The van der Waals surface area contributed by atoms with Crippen molar-refractivity contribution in [3.05, 3.63) is 22.4 Å². The van der Waals surface area contributed by atoms with Crippen LogP contribution in [0.2, 0.25) is 0 Å². The Morgan fingerprint density at radius 1 is 1.33 bits per heavy atom. The summed E-state index contributed by atoms with van der Waals surface area (Å²) in [5, 5.41) is 3.71. The third-order valence-electron chi connectivity index (χ3n) is 5.49. The van der Waals surface area contributed by atoms with E-state index in [1.807, 2.05) is 11.3 Å². The Kier molecular flexibility index (Phi) is 5.17. The van der Waals surface area contributed by atoms with Crippen molar-refractivity contribution in [3.8, 4) is 0 Å². The highest BCUT2D eigenvalue weighted by Crippen LogP contribution is 2.36. The molecule has 0 radical (unpaired) electrons. The van der Waals surface area contributed by atoms with E-state index in [1.54, 1.807) is 5.06 Å². The summed E-state index contributed by atoms with van der Waals surface area (Å²) < 4.78 is 6.02. The van der Waals surface area contributed by atoms with Gasteiger partial charge in [-0.25, -0.2) is 5.06 Å². The Labute approximate surface area is 147 Å². The minimum atomic E-state index is 0.0805. The quantitative estimate of drug-likeness (QED) is 0.837. The standard InChI is InChI=1S/C18H26N2O3S/c21-18(20-6-1-2-8-23-20)10-17-16-5-7-19(11-14(16)13-22-17)12-15-4-3-9-24-15/h3-4,9,14,16-17H,1-2,5-8,10-13H2/t14-,16-,17+/m1/s1. The van der Waals surface area contributed by atoms with Gasteiger partial charge in [0, 0.05) is 30.4 Å². The van der Waals surface area contributed by atoms with Crippen LogP contribution in [0.4, 0.5) is 0 Å². The molecule has 0 N–H and O–H groups in total. The molecule has 0 bridgehead atoms. The number of thiophene rings is 1. The molecular formula is C18H26N2O3S. The van der Waals surface area contributed by atoms with Crippen LogP contribution < -0.4 is 0 Å². The maximum atomic E-state index is 12.4. The van der Waals surface area contributed by atoms with Gasteiger partial charge in [0.05, 0.1) is 25.7 Å². The highest BCUT2D eigenvalue weighted by Gasteiger charge is 2.42. The smallest absolute Gasteiger partial charge is 0.248 e. The molecule has 3 aliphatic heterocycles. The van der Waals surface area contributed by atoms with Crippen LogP contribution >= 0.6 is 11.3 Å². The van der Waals surface area contributed by atoms with Crippen LogP contribution in [0, 0.1) is 11.8 Å². The zero-order valence-corrected chi connectivity index (χ0v) is 14.9. The maximum Gasteiger partial charge on any atom is 0.248 e. The molecule has 0 saturated carbocycles. The fraction of sp³-hybridized carbons (Fsp3) is 0.722. The van der Waals surface area contributed by atoms with Gasteiger partial charge in [-0.3, -0.25) is 14.5 Å². The zero-order valence-electron chi connectivity index (χ0n) is 14.1. The van der Waals surface area contributed by atoms with E-state index in [1.165, 1.54) is 4.88 Å². The lowest BCUT2D eigenvalue weighted by molar-refractivity contribution is -0.199. The van der Waals surface area contributed by atoms with Crippen molar-refractivity contribution >= 4 is 17.2 Å². The number of ether oxygens (including phenoxy) is 1. The van der Waals surface area contributed by atoms with E-state index in [0.29, 0.717) is 24.9 Å². The van der Waals surface area contributed by atoms with E-state index in [0.717, 1.165) is 52.0 Å². The summed E-state index contributed by atoms with van der Waals surface area (Å²) in [7, 11) is 0. The summed E-state index contributed by atoms with van der Waals surface area (Å²) in [6, 6.07) is 4.33. The highest BCUT2D eigenvalue weighted by atomic mass is 32.1. The fourth-order valence-electron chi connectivity index (χ4n) is 4.21. The second-order valence-electron chi connectivity index (χ2n) is 7.14. The van der Waals surface area contributed by atoms with Crippen LogP contribution in [0.5, 0.6) is 0 Å². The first-order valence-electron chi connectivity index (χ1n) is 9.09. The summed E-state index contributed by atoms with van der Waals surface area (Å²) in [5.74, 6) is 1.19. The largest absolute Gasteiger partial charge is 0.377 e. The molecule has 0 spiro atoms. The fourth-order valence-corrected chi connectivity index (χ4v) is 4.95. The summed E-state index contributed by atoms with van der Waals surface area (Å²) in [5.41, 5.74) is 0. The number of hydrogen-bond donors (Lipinski definition) is 0. The van der Waals surface area contributed by atoms with E-state index in [-0.39, 0.29) is 12.0 Å². The van der Waals surface area contributed by atoms with Gasteiger partial charge < -0.3 is 4.74 Å². The number of fused-ring (bicyclic) bond motifs is 1. The number of amides is 1. The normalized spacial score (nSPS) is 31.2. The molecule has 132 valence electrons. The van der Waals surface area contributed by atoms with Gasteiger partial charge in [-0.1, -0.05) is 6.07 Å². The van der Waals surface area contributed by atoms with Gasteiger partial charge in [-0.05, 0) is 43.2 Å². The van der Waals surface area contributed by atoms with Crippen molar-refractivity contribution in [2.24, 2.45) is 11.8 Å². The molecule has 0 unspecified atom stereocenters. The molecule has 4 heterocycles. The molecule has 0 aromatic carbocycles. The molecule has 1 amide bonds. The molecule has 4 rings (SSSR count). The van der Waals surface area contributed by atoms with Gasteiger partial charge in [0.25, 0.3) is 0 Å². The molecular weight excluding hydrogens is 324 g/mol. The number of hydroxylamine groups is 2. The Morgan fingerprint density at radius 2 is 2.29 bits per heavy atom. The van der Waals surface area contributed by atoms with Gasteiger partial charge in [0.15, 0.2) is 0 Å². The van der Waals surface area contributed by atoms with Crippen LogP contribution in [-0.4, -0.2) is 54.8 Å². The lowest BCUT2D eigenvalue weighted by Crippen LogP contribution is -2.42. The lowest BCUT2D eigenvalue weighted by Gasteiger charge is -2.35. The third-order valence-corrected chi connectivity index (χ3v) is 6.36. The zero-order chi connectivity index (χ0) is 16.4. The first-order chi connectivity index (χ1) is 11.8. The molecule has 0 aliphatic carbocycles. The van der Waals surface area contributed by atoms with Crippen LogP contribution in [0.3, 0.4) is 0 Å². The van der Waals surface area contributed by atoms with E-state index in [2.05, 4.69) is 22.4 Å². The molecule has 1 aromatic heterocycles. The number of likely N-dealkylation sites (tertiary alicyclic amines) is 1. The van der Waals surface area contributed by atoms with Crippen molar-refractivity contribution in [3.63, 3.8) is 0 Å². The number of piperidine rings is 1. The predicted molar refractivity (Wildman–Crippen MR) is 92.4 cm³/mol. The predicted octanol–water partition coefficient (Wildman–Crippen LogP) is 2.53. The number of carbonyl (C=O) groups excluding carboxylic acids is 1. The monoisotopic (exact) mass is 350 g/mol. The van der Waals surface area contributed by atoms with E-state index in [4.69, 9.17) is 9.57 Å². The lowest BCUT2D eigenvalue weighted by atomic mass is 9.83. The van der Waals surface area contributed by atoms with Crippen LogP contribution in [0.15, 0.2) is 17.5 Å². The summed E-state index contributed by atoms with van der Waals surface area (Å²) >= 11 is 1.83. The van der Waals surface area contributed by atoms with Gasteiger partial charge in [0.1, 0.15) is 0 Å². The molecule has 6 heteroatoms. The molecule has 3 atom stereocenters. The van der Waals surface area contributed by atoms with Crippen molar-refractivity contribution in [1.29, 1.82) is 0 Å². The first-order valence-corrected chi connectivity index (χ1v) is 9.97. The Bertz CT molecular complexity index is 544. The summed E-state index contributed by atoms with van der Waals surface area (Å²) in [6.07, 6.45) is 3.79. The minimum Gasteiger partial charge on any atom is -0.377 e. The number of hydrogen-bond acceptors (Lipinski definition) is 5. The molecule has 3 saturated heterocycles. The van der Waals surface area contributed by atoms with Crippen molar-refractivity contribution in [1.82, 2.24) is 9.96 Å². The van der Waals surface area contributed by atoms with Crippen LogP contribution in [0.25, 0.3) is 0 Å². The Balaban J connectivity index is 1.29. The SMILES string of the molecule is O=C(C[C@@H]1OC[C@H]2CN(Cc3cccs3)CC[C@H]21)N1CCCCO1. The average Bonchev–Trinajstić information content (AvgIpc) is 3.26. The van der Waals surface area contributed by atoms with Crippen LogP contribution in [-0.2, 0) is 20.9 Å². The van der Waals surface area contributed by atoms with Gasteiger partial charge in [-0.15, -0.1) is 11.3 Å². The van der Waals surface area contributed by atoms with Crippen molar-refractivity contribution in [2.75, 3.05) is 32.8 Å². The highest BCUT2D eigenvalue weighted by molar-refractivity contribution is 7.09. The van der Waals surface area contributed by atoms with E-state index in [9.17, 15) is 4.79 Å². The molecule has 3 fully saturated rings. The third kappa shape index (κ3) is 3.67. The van der Waals surface area contributed by atoms with Gasteiger partial charge in [0.2, 0.25) is 5.91 Å². The van der Waals surface area contributed by atoms with Crippen LogP contribution in [0.1, 0.15) is 30.6 Å². The van der Waals surface area contributed by atoms with Gasteiger partial charge in [-0.2, -0.15) is 0 Å². The van der Waals surface area contributed by atoms with E-state index >= 15 is 0 Å². The Morgan fingerprint density at radius 3 is 3.08 bits per heavy atom. The first kappa shape index (κ1) is 16.5. The van der Waals surface area contributed by atoms with E-state index < -0.39 is 0 Å². The van der Waals surface area contributed by atoms with Gasteiger partial charge >= 0.3 is 0 Å². The average molecular weight is 350 g/mol. The van der Waals surface area contributed by atoms with Crippen molar-refractivity contribution < 1.29 is 14.4 Å². The number of carbonyl (C=O) groups is 1. The number of rotatable bonds is 4. The summed E-state index contributed by atoms with van der Waals surface area (Å²) in [6.45, 7) is 5.44. The number of nitrogens with zero attached hydrogens (tertiary/aromatic N) is 2. The topological polar surface area (TPSA) is 42.0 Å². The second kappa shape index (κ2) is 7.52. The molecule has 1 aromatic rings. The Hall–Kier alpha value is -0.950. The minimum absolute atomic E-state index is 0.0805. The maximum absolute atomic E-state index is 12.4. The molecule has 5 nitrogen and oxygen atoms in total. The summed E-state index contributed by atoms with van der Waals surface area (Å²) in [4.78, 5) is 21.9. The second-order valence-corrected chi connectivity index (χ2v) is 8.17. The molecule has 3 aliphatic rings. The molecule has 24 heavy (non-hydrogen) atoms.